The quantitative estimate of drug-likeness (QED) is 0.467. The first-order valence-electron chi connectivity index (χ1n) is 8.68. The van der Waals surface area contributed by atoms with Gasteiger partial charge in [-0.3, -0.25) is 4.55 Å². The molecule has 2 rings (SSSR count). The molecule has 1 aromatic carbocycles. The first kappa shape index (κ1) is 19.0. The van der Waals surface area contributed by atoms with Crippen LogP contribution in [0.1, 0.15) is 57.9 Å². The molecule has 4 nitrogen and oxygen atoms in total. The van der Waals surface area contributed by atoms with E-state index in [4.69, 9.17) is 8.92 Å². The van der Waals surface area contributed by atoms with Gasteiger partial charge in [-0.05, 0) is 36.8 Å². The molecule has 132 valence electrons. The summed E-state index contributed by atoms with van der Waals surface area (Å²) in [5.74, 6) is 5.82. The Morgan fingerprint density at radius 3 is 2.58 bits per heavy atom. The Kier molecular flexibility index (Phi) is 7.29. The molecule has 0 heterocycles. The van der Waals surface area contributed by atoms with Crippen molar-refractivity contribution in [3.8, 4) is 17.6 Å². The van der Waals surface area contributed by atoms with Crippen LogP contribution in [0.5, 0.6) is 5.75 Å². The van der Waals surface area contributed by atoms with Gasteiger partial charge in [-0.15, -0.1) is 0 Å². The highest BCUT2D eigenvalue weighted by Crippen LogP contribution is 2.28. The maximum atomic E-state index is 11.3. The minimum Gasteiger partial charge on any atom is -0.450 e. The lowest BCUT2D eigenvalue weighted by molar-refractivity contribution is -0.0608. The SMILES string of the molecule is CCc1ccccc1OC(C#CC1CCCCC1)(CC)OS(=O)O. The smallest absolute Gasteiger partial charge is 0.306 e. The van der Waals surface area contributed by atoms with E-state index in [1.807, 2.05) is 38.1 Å². The lowest BCUT2D eigenvalue weighted by Crippen LogP contribution is -2.38. The topological polar surface area (TPSA) is 55.8 Å². The van der Waals surface area contributed by atoms with E-state index in [9.17, 15) is 8.76 Å². The van der Waals surface area contributed by atoms with Gasteiger partial charge in [-0.25, -0.2) is 4.18 Å². The van der Waals surface area contributed by atoms with E-state index >= 15 is 0 Å². The van der Waals surface area contributed by atoms with Crippen LogP contribution in [0.3, 0.4) is 0 Å². The van der Waals surface area contributed by atoms with Crippen molar-refractivity contribution in [3.63, 3.8) is 0 Å². The zero-order valence-electron chi connectivity index (χ0n) is 14.4. The monoisotopic (exact) mass is 350 g/mol. The zero-order valence-corrected chi connectivity index (χ0v) is 15.2. The standard InChI is InChI=1S/C19H26O4S/c1-3-17-12-8-9-13-18(17)22-19(4-2,23-24(20)21)15-14-16-10-6-5-7-11-16/h8-9,12-13,16H,3-7,10-11H2,1-2H3,(H,20,21). The van der Waals surface area contributed by atoms with Crippen molar-refractivity contribution in [3.05, 3.63) is 29.8 Å². The number of aryl methyl sites for hydroxylation is 1. The molecule has 0 bridgehead atoms. The normalized spacial score (nSPS) is 19.0. The van der Waals surface area contributed by atoms with Crippen LogP contribution < -0.4 is 4.74 Å². The first-order chi connectivity index (χ1) is 11.6. The number of hydrogen-bond acceptors (Lipinski definition) is 3. The van der Waals surface area contributed by atoms with Crippen LogP contribution in [0.15, 0.2) is 24.3 Å². The van der Waals surface area contributed by atoms with E-state index in [2.05, 4.69) is 11.8 Å². The van der Waals surface area contributed by atoms with Crippen LogP contribution in [-0.4, -0.2) is 14.5 Å². The second-order valence-electron chi connectivity index (χ2n) is 6.07. The van der Waals surface area contributed by atoms with E-state index in [-0.39, 0.29) is 0 Å². The highest BCUT2D eigenvalue weighted by Gasteiger charge is 2.33. The van der Waals surface area contributed by atoms with Crippen molar-refractivity contribution in [1.82, 2.24) is 0 Å². The molecule has 24 heavy (non-hydrogen) atoms. The average molecular weight is 350 g/mol. The van der Waals surface area contributed by atoms with Gasteiger partial charge in [0.15, 0.2) is 0 Å². The molecule has 0 amide bonds. The Labute approximate surface area is 147 Å². The van der Waals surface area contributed by atoms with Crippen molar-refractivity contribution in [1.29, 1.82) is 0 Å². The molecule has 0 radical (unpaired) electrons. The molecule has 1 saturated carbocycles. The summed E-state index contributed by atoms with van der Waals surface area (Å²) in [5.41, 5.74) is 1.02. The summed E-state index contributed by atoms with van der Waals surface area (Å²) < 4.78 is 31.8. The minimum absolute atomic E-state index is 0.311. The third kappa shape index (κ3) is 5.34. The van der Waals surface area contributed by atoms with Gasteiger partial charge in [-0.2, -0.15) is 4.21 Å². The molecule has 0 aromatic heterocycles. The first-order valence-corrected chi connectivity index (χ1v) is 9.71. The predicted molar refractivity (Wildman–Crippen MR) is 95.7 cm³/mol. The Hall–Kier alpha value is -1.35. The highest BCUT2D eigenvalue weighted by atomic mass is 32.2. The number of hydrogen-bond donors (Lipinski definition) is 1. The van der Waals surface area contributed by atoms with E-state index in [1.165, 1.54) is 19.3 Å². The molecule has 1 fully saturated rings. The van der Waals surface area contributed by atoms with E-state index in [0.717, 1.165) is 24.8 Å². The number of benzene rings is 1. The van der Waals surface area contributed by atoms with E-state index in [0.29, 0.717) is 18.1 Å². The van der Waals surface area contributed by atoms with Crippen LogP contribution in [-0.2, 0) is 22.0 Å². The van der Waals surface area contributed by atoms with E-state index < -0.39 is 17.1 Å². The Balaban J connectivity index is 2.28. The third-order valence-corrected chi connectivity index (χ3v) is 4.78. The van der Waals surface area contributed by atoms with Gasteiger partial charge in [-0.1, -0.05) is 57.2 Å². The summed E-state index contributed by atoms with van der Waals surface area (Å²) in [7, 11) is 0. The van der Waals surface area contributed by atoms with Crippen LogP contribution in [0, 0.1) is 17.8 Å². The zero-order chi connectivity index (χ0) is 17.4. The fourth-order valence-electron chi connectivity index (χ4n) is 2.93. The molecule has 5 heteroatoms. The molecule has 0 spiro atoms. The number of rotatable bonds is 6. The highest BCUT2D eigenvalue weighted by molar-refractivity contribution is 7.74. The summed E-state index contributed by atoms with van der Waals surface area (Å²) >= 11 is -2.45. The van der Waals surface area contributed by atoms with Gasteiger partial charge >= 0.3 is 11.4 Å². The van der Waals surface area contributed by atoms with Crippen LogP contribution in [0.25, 0.3) is 0 Å². The summed E-state index contributed by atoms with van der Waals surface area (Å²) in [5, 5.41) is 0. The van der Waals surface area contributed by atoms with Crippen molar-refractivity contribution >= 4 is 11.4 Å². The molecular formula is C19H26O4S. The van der Waals surface area contributed by atoms with Crippen LogP contribution >= 0.6 is 0 Å². The van der Waals surface area contributed by atoms with Crippen molar-refractivity contribution in [2.45, 2.75) is 64.6 Å². The van der Waals surface area contributed by atoms with Gasteiger partial charge < -0.3 is 4.74 Å². The number of para-hydroxylation sites is 1. The predicted octanol–water partition coefficient (Wildman–Crippen LogP) is 4.47. The lowest BCUT2D eigenvalue weighted by atomic mass is 9.89. The van der Waals surface area contributed by atoms with Crippen LogP contribution in [0.2, 0.25) is 0 Å². The summed E-state index contributed by atoms with van der Waals surface area (Å²) in [4.78, 5) is 0. The molecule has 2 unspecified atom stereocenters. The molecule has 1 aliphatic carbocycles. The fraction of sp³-hybridized carbons (Fsp3) is 0.579. The van der Waals surface area contributed by atoms with Gasteiger partial charge in [0.25, 0.3) is 5.79 Å². The molecule has 1 N–H and O–H groups in total. The molecule has 2 atom stereocenters. The Bertz CT molecular complexity index is 613. The summed E-state index contributed by atoms with van der Waals surface area (Å²) in [6, 6.07) is 7.63. The van der Waals surface area contributed by atoms with Gasteiger partial charge in [0.2, 0.25) is 0 Å². The minimum atomic E-state index is -2.45. The molecular weight excluding hydrogens is 324 g/mol. The maximum absolute atomic E-state index is 11.3. The van der Waals surface area contributed by atoms with Gasteiger partial charge in [0.05, 0.1) is 0 Å². The maximum Gasteiger partial charge on any atom is 0.306 e. The third-order valence-electron chi connectivity index (χ3n) is 4.37. The lowest BCUT2D eigenvalue weighted by Gasteiger charge is -2.27. The Morgan fingerprint density at radius 1 is 1.25 bits per heavy atom. The van der Waals surface area contributed by atoms with Crippen molar-refractivity contribution in [2.75, 3.05) is 0 Å². The Morgan fingerprint density at radius 2 is 1.96 bits per heavy atom. The second-order valence-corrected chi connectivity index (χ2v) is 6.68. The molecule has 0 saturated heterocycles. The van der Waals surface area contributed by atoms with Gasteiger partial charge in [0, 0.05) is 12.3 Å². The fourth-order valence-corrected chi connectivity index (χ4v) is 3.35. The van der Waals surface area contributed by atoms with Crippen LogP contribution in [0.4, 0.5) is 0 Å². The molecule has 1 aromatic rings. The number of ether oxygens (including phenoxy) is 1. The molecule has 0 aliphatic heterocycles. The largest absolute Gasteiger partial charge is 0.450 e. The van der Waals surface area contributed by atoms with E-state index in [1.54, 1.807) is 0 Å². The summed E-state index contributed by atoms with van der Waals surface area (Å²) in [6.07, 6.45) is 6.93. The summed E-state index contributed by atoms with van der Waals surface area (Å²) in [6.45, 7) is 3.88. The average Bonchev–Trinajstić information content (AvgIpc) is 2.60. The van der Waals surface area contributed by atoms with Gasteiger partial charge in [0.1, 0.15) is 5.75 Å². The van der Waals surface area contributed by atoms with Crippen molar-refractivity contribution < 1.29 is 17.7 Å². The second kappa shape index (κ2) is 9.22. The molecule has 1 aliphatic rings. The van der Waals surface area contributed by atoms with Crippen molar-refractivity contribution in [2.24, 2.45) is 5.92 Å².